The highest BCUT2D eigenvalue weighted by Crippen LogP contribution is 2.44. The van der Waals surface area contributed by atoms with Crippen LogP contribution in [0.25, 0.3) is 28.4 Å². The number of carbonyl (C=O) groups is 1. The minimum absolute atomic E-state index is 0.0471. The van der Waals surface area contributed by atoms with Gasteiger partial charge in [0.25, 0.3) is 5.95 Å². The number of rotatable bonds is 6. The van der Waals surface area contributed by atoms with Gasteiger partial charge in [-0.2, -0.15) is 14.6 Å². The first kappa shape index (κ1) is 25.0. The quantitative estimate of drug-likeness (QED) is 0.362. The normalized spacial score (nSPS) is 27.3. The predicted octanol–water partition coefficient (Wildman–Crippen LogP) is 2.09. The summed E-state index contributed by atoms with van der Waals surface area (Å²) in [4.78, 5) is 26.1. The zero-order chi connectivity index (χ0) is 27.6. The zero-order valence-corrected chi connectivity index (χ0v) is 22.1. The summed E-state index contributed by atoms with van der Waals surface area (Å²) in [5, 5.41) is 21.9. The standard InChI is InChI=1S/C26H28N8O6/c1-13-4-6-14(7-5-13)16-10-34(32-31-16)25-29-21(28-15-8-9-37-11-15)17-22(30-25)33(12-27-17)23-19-18(20(38-23)24(35)36)39-26(2,3)40-19/h4-7,10,12,15,18-20,23H,8-9,11H2,1-3H3,(H,35,36)(H,28,29,30)/t15?,18-,19+,20?,23+/m0/s1. The Kier molecular flexibility index (Phi) is 5.82. The van der Waals surface area contributed by atoms with Gasteiger partial charge in [-0.3, -0.25) is 4.57 Å². The van der Waals surface area contributed by atoms with Crippen LogP contribution in [0.2, 0.25) is 0 Å². The van der Waals surface area contributed by atoms with Gasteiger partial charge in [-0.05, 0) is 27.2 Å². The van der Waals surface area contributed by atoms with Crippen LogP contribution in [-0.4, -0.2) is 88.9 Å². The second-order valence-electron chi connectivity index (χ2n) is 10.7. The van der Waals surface area contributed by atoms with Gasteiger partial charge in [0.1, 0.15) is 17.9 Å². The largest absolute Gasteiger partial charge is 0.479 e. The van der Waals surface area contributed by atoms with Crippen LogP contribution in [0.3, 0.4) is 0 Å². The van der Waals surface area contributed by atoms with Crippen molar-refractivity contribution in [1.29, 1.82) is 0 Å². The first-order valence-corrected chi connectivity index (χ1v) is 13.1. The molecule has 0 bridgehead atoms. The summed E-state index contributed by atoms with van der Waals surface area (Å²) in [6.45, 7) is 6.71. The number of nitrogens with zero attached hydrogens (tertiary/aromatic N) is 7. The minimum atomic E-state index is -1.21. The van der Waals surface area contributed by atoms with Crippen molar-refractivity contribution in [3.05, 3.63) is 42.4 Å². The average molecular weight is 549 g/mol. The Balaban J connectivity index is 1.32. The van der Waals surface area contributed by atoms with E-state index in [0.717, 1.165) is 17.5 Å². The summed E-state index contributed by atoms with van der Waals surface area (Å²) in [7, 11) is 0. The van der Waals surface area contributed by atoms with Gasteiger partial charge in [-0.15, -0.1) is 5.10 Å². The van der Waals surface area contributed by atoms with E-state index in [2.05, 4.69) is 20.6 Å². The number of hydrogen-bond donors (Lipinski definition) is 2. The monoisotopic (exact) mass is 548 g/mol. The van der Waals surface area contributed by atoms with E-state index in [0.29, 0.717) is 35.9 Å². The van der Waals surface area contributed by atoms with E-state index in [1.54, 1.807) is 30.9 Å². The maximum Gasteiger partial charge on any atom is 0.335 e. The Morgan fingerprint density at radius 3 is 2.70 bits per heavy atom. The Bertz CT molecular complexity index is 1580. The number of fused-ring (bicyclic) bond motifs is 2. The van der Waals surface area contributed by atoms with Crippen molar-refractivity contribution in [2.24, 2.45) is 0 Å². The fourth-order valence-electron chi connectivity index (χ4n) is 5.35. The number of carboxylic acids is 1. The molecule has 40 heavy (non-hydrogen) atoms. The van der Waals surface area contributed by atoms with Gasteiger partial charge >= 0.3 is 5.97 Å². The number of nitrogens with one attached hydrogen (secondary N) is 1. The van der Waals surface area contributed by atoms with Crippen LogP contribution in [-0.2, 0) is 23.7 Å². The van der Waals surface area contributed by atoms with Crippen molar-refractivity contribution in [2.75, 3.05) is 18.5 Å². The summed E-state index contributed by atoms with van der Waals surface area (Å²) in [6, 6.07) is 8.03. The number of benzene rings is 1. The summed E-state index contributed by atoms with van der Waals surface area (Å²) in [5.74, 6) is -1.35. The molecule has 4 aromatic rings. The lowest BCUT2D eigenvalue weighted by Crippen LogP contribution is -2.35. The molecule has 1 aromatic carbocycles. The molecule has 0 saturated carbocycles. The first-order valence-electron chi connectivity index (χ1n) is 13.1. The fourth-order valence-corrected chi connectivity index (χ4v) is 5.35. The van der Waals surface area contributed by atoms with Gasteiger partial charge in [0.2, 0.25) is 0 Å². The maximum atomic E-state index is 12.0. The van der Waals surface area contributed by atoms with E-state index in [1.807, 2.05) is 31.2 Å². The molecule has 0 aliphatic carbocycles. The minimum Gasteiger partial charge on any atom is -0.479 e. The Hall–Kier alpha value is -3.98. The van der Waals surface area contributed by atoms with Crippen molar-refractivity contribution in [3.8, 4) is 17.2 Å². The van der Waals surface area contributed by atoms with Crippen LogP contribution >= 0.6 is 0 Å². The van der Waals surface area contributed by atoms with Crippen molar-refractivity contribution in [3.63, 3.8) is 0 Å². The van der Waals surface area contributed by atoms with Crippen molar-refractivity contribution in [1.82, 2.24) is 34.5 Å². The van der Waals surface area contributed by atoms with Gasteiger partial charge in [0.15, 0.2) is 35.1 Å². The highest BCUT2D eigenvalue weighted by atomic mass is 16.8. The first-order chi connectivity index (χ1) is 19.3. The smallest absolute Gasteiger partial charge is 0.335 e. The molecule has 3 saturated heterocycles. The molecular formula is C26H28N8O6. The van der Waals surface area contributed by atoms with E-state index < -0.39 is 36.3 Å². The Morgan fingerprint density at radius 1 is 1.15 bits per heavy atom. The van der Waals surface area contributed by atoms with Crippen molar-refractivity contribution < 1.29 is 28.8 Å². The highest BCUT2D eigenvalue weighted by Gasteiger charge is 2.58. The molecule has 14 heteroatoms. The fraction of sp³-hybridized carbons (Fsp3) is 0.462. The molecule has 0 spiro atoms. The molecule has 3 aromatic heterocycles. The zero-order valence-electron chi connectivity index (χ0n) is 22.1. The maximum absolute atomic E-state index is 12.0. The average Bonchev–Trinajstić information content (AvgIpc) is 3.73. The lowest BCUT2D eigenvalue weighted by molar-refractivity contribution is -0.202. The van der Waals surface area contributed by atoms with Crippen LogP contribution in [0.5, 0.6) is 0 Å². The highest BCUT2D eigenvalue weighted by molar-refractivity contribution is 5.84. The molecule has 2 N–H and O–H groups in total. The topological polar surface area (TPSA) is 161 Å². The molecule has 3 fully saturated rings. The molecule has 14 nitrogen and oxygen atoms in total. The molecule has 3 aliphatic rings. The molecule has 0 amide bonds. The number of anilines is 1. The van der Waals surface area contributed by atoms with Gasteiger partial charge in [-0.1, -0.05) is 35.0 Å². The van der Waals surface area contributed by atoms with Crippen LogP contribution in [0.15, 0.2) is 36.8 Å². The van der Waals surface area contributed by atoms with Crippen LogP contribution in [0, 0.1) is 6.92 Å². The predicted molar refractivity (Wildman–Crippen MR) is 139 cm³/mol. The molecular weight excluding hydrogens is 520 g/mol. The molecule has 2 unspecified atom stereocenters. The third-order valence-corrected chi connectivity index (χ3v) is 7.27. The second-order valence-corrected chi connectivity index (χ2v) is 10.7. The number of aryl methyl sites for hydroxylation is 1. The van der Waals surface area contributed by atoms with Crippen LogP contribution < -0.4 is 5.32 Å². The van der Waals surface area contributed by atoms with E-state index in [-0.39, 0.29) is 12.0 Å². The molecule has 7 rings (SSSR count). The third kappa shape index (κ3) is 4.29. The van der Waals surface area contributed by atoms with Gasteiger partial charge in [-0.25, -0.2) is 9.78 Å². The molecule has 208 valence electrons. The summed E-state index contributed by atoms with van der Waals surface area (Å²) >= 11 is 0. The Labute approximate surface area is 228 Å². The van der Waals surface area contributed by atoms with E-state index in [9.17, 15) is 9.90 Å². The summed E-state index contributed by atoms with van der Waals surface area (Å²) in [6.07, 6.45) is 0.590. The lowest BCUT2D eigenvalue weighted by Gasteiger charge is -2.23. The second kappa shape index (κ2) is 9.30. The molecule has 5 atom stereocenters. The van der Waals surface area contributed by atoms with Gasteiger partial charge in [0, 0.05) is 12.2 Å². The number of imidazole rings is 1. The molecule has 3 aliphatic heterocycles. The van der Waals surface area contributed by atoms with Crippen molar-refractivity contribution >= 4 is 23.0 Å². The number of aromatic nitrogens is 7. The number of hydrogen-bond acceptors (Lipinski definition) is 11. The van der Waals surface area contributed by atoms with Gasteiger partial charge < -0.3 is 29.4 Å². The third-order valence-electron chi connectivity index (χ3n) is 7.27. The van der Waals surface area contributed by atoms with E-state index >= 15 is 0 Å². The molecule has 0 radical (unpaired) electrons. The SMILES string of the molecule is Cc1ccc(-c2cn(-c3nc(NC4CCOC4)c4ncn([C@@H]5OC(C(=O)O)[C@H]6OC(C)(C)O[C@H]65)c4n3)nn2)cc1. The van der Waals surface area contributed by atoms with E-state index in [1.165, 1.54) is 4.68 Å². The van der Waals surface area contributed by atoms with Gasteiger partial charge in [0.05, 0.1) is 25.2 Å². The Morgan fingerprint density at radius 2 is 1.95 bits per heavy atom. The summed E-state index contributed by atoms with van der Waals surface area (Å²) < 4.78 is 26.7. The number of carboxylic acid groups (broad SMARTS) is 1. The number of aliphatic carboxylic acids is 1. The van der Waals surface area contributed by atoms with Crippen LogP contribution in [0.4, 0.5) is 5.82 Å². The van der Waals surface area contributed by atoms with Crippen LogP contribution in [0.1, 0.15) is 32.1 Å². The van der Waals surface area contributed by atoms with E-state index in [4.69, 9.17) is 28.9 Å². The molecule has 6 heterocycles. The lowest BCUT2D eigenvalue weighted by atomic mass is 10.1. The van der Waals surface area contributed by atoms with Crippen molar-refractivity contribution in [2.45, 2.75) is 63.6 Å². The summed E-state index contributed by atoms with van der Waals surface area (Å²) in [5.41, 5.74) is 3.64. The number of ether oxygens (including phenoxy) is 4.